The predicted octanol–water partition coefficient (Wildman–Crippen LogP) is 14.0. The van der Waals surface area contributed by atoms with Gasteiger partial charge in [-0.2, -0.15) is 17.7 Å². The van der Waals surface area contributed by atoms with Gasteiger partial charge in [-0.3, -0.25) is 0 Å². The van der Waals surface area contributed by atoms with E-state index in [-0.39, 0.29) is 43.3 Å². The Balaban J connectivity index is 0.000000280. The molecular formula is C57H56F2GeIrN4OSi+. The van der Waals surface area contributed by atoms with E-state index in [0.29, 0.717) is 33.5 Å². The normalized spacial score (nSPS) is 11.8. The number of rotatable bonds is 8. The van der Waals surface area contributed by atoms with Crippen LogP contribution >= 0.6 is 0 Å². The molecule has 67 heavy (non-hydrogen) atoms. The zero-order valence-corrected chi connectivity index (χ0v) is 45.4. The first-order valence-electron chi connectivity index (χ1n) is 22.5. The van der Waals surface area contributed by atoms with E-state index in [4.69, 9.17) is 9.40 Å². The van der Waals surface area contributed by atoms with Crippen molar-refractivity contribution in [2.75, 3.05) is 0 Å². The molecule has 0 bridgehead atoms. The fraction of sp³-hybridized carbons (Fsp3) is 0.211. The van der Waals surface area contributed by atoms with Crippen LogP contribution < -0.4 is 14.1 Å². The summed E-state index contributed by atoms with van der Waals surface area (Å²) in [6.45, 7) is 19.8. The van der Waals surface area contributed by atoms with Gasteiger partial charge in [0.25, 0.3) is 0 Å². The van der Waals surface area contributed by atoms with E-state index in [1.165, 1.54) is 56.1 Å². The van der Waals surface area contributed by atoms with E-state index in [0.717, 1.165) is 33.4 Å². The molecule has 5 nitrogen and oxygen atoms in total. The van der Waals surface area contributed by atoms with Gasteiger partial charge in [0.2, 0.25) is 0 Å². The molecule has 0 unspecified atom stereocenters. The van der Waals surface area contributed by atoms with Crippen molar-refractivity contribution in [2.45, 2.75) is 76.4 Å². The standard InChI is InChI=1S/C41H37FGeN3O.C16H19FNSi.Ir/c1-24(2)32-19-27(26-15-17-29(18-16-26)43(5,6)7)20-33(25(3)4)39(32)46-37-14-9-8-13-36(37)45-41(46)31-12-10-11-30-34-22-35(42)28(23-44)21-38(34)47-40(30)31;1-12-10-13(17)6-8-15(12)16-9-7-14(11-18(16)2)19(3,4)5;/h8-11,13-22,24-25H,1-7H3;6-11H,1-2H2,3-5H3;/q2*-1;+3. The second-order valence-electron chi connectivity index (χ2n) is 19.9. The predicted molar refractivity (Wildman–Crippen MR) is 274 cm³/mol. The Labute approximate surface area is 411 Å². The van der Waals surface area contributed by atoms with Crippen LogP contribution in [0.15, 0.2) is 126 Å². The van der Waals surface area contributed by atoms with Gasteiger partial charge in [-0.15, -0.1) is 29.8 Å². The summed E-state index contributed by atoms with van der Waals surface area (Å²) in [6.07, 6.45) is 2.07. The molecule has 0 radical (unpaired) electrons. The van der Waals surface area contributed by atoms with Crippen molar-refractivity contribution in [1.82, 2.24) is 9.55 Å². The minimum absolute atomic E-state index is 0. The van der Waals surface area contributed by atoms with Gasteiger partial charge in [-0.1, -0.05) is 54.5 Å². The molecule has 0 saturated heterocycles. The van der Waals surface area contributed by atoms with Crippen molar-refractivity contribution in [2.24, 2.45) is 0 Å². The van der Waals surface area contributed by atoms with E-state index < -0.39 is 27.2 Å². The van der Waals surface area contributed by atoms with E-state index in [1.54, 1.807) is 6.07 Å². The van der Waals surface area contributed by atoms with Gasteiger partial charge < -0.3 is 8.98 Å². The van der Waals surface area contributed by atoms with Crippen LogP contribution in [-0.2, 0) is 20.1 Å². The summed E-state index contributed by atoms with van der Waals surface area (Å²) in [5.41, 5.74) is 12.0. The van der Waals surface area contributed by atoms with E-state index in [2.05, 4.69) is 144 Å². The van der Waals surface area contributed by atoms with Crippen molar-refractivity contribution < 1.29 is 37.9 Å². The SMILES string of the molecule is CC(C)c1cc(-c2cc[c]([Ge]([CH3])([CH3])[CH3])cc2)cc(C(C)C)c1-n1c(-c2[c-]ccc3c2oc2cc(C#N)c(F)cc23)nc2ccccc21.[CH2-]c1cc(F)ccc1-c1ccc([Si](C)(C)C)c[n+]1[CH2-].[Ir+3]. The van der Waals surface area contributed by atoms with Crippen molar-refractivity contribution in [3.8, 4) is 45.5 Å². The van der Waals surface area contributed by atoms with Gasteiger partial charge in [0.05, 0.1) is 31.3 Å². The minimum Gasteiger partial charge on any atom is -0.343 e. The number of fused-ring (bicyclic) bond motifs is 4. The number of nitrogens with zero attached hydrogens (tertiary/aromatic N) is 4. The summed E-state index contributed by atoms with van der Waals surface area (Å²) in [6, 6.07) is 42.9. The fourth-order valence-electron chi connectivity index (χ4n) is 8.63. The van der Waals surface area contributed by atoms with Crippen LogP contribution in [0.1, 0.15) is 61.8 Å². The second kappa shape index (κ2) is 19.1. The van der Waals surface area contributed by atoms with Crippen LogP contribution in [0.5, 0.6) is 0 Å². The Kier molecular flexibility index (Phi) is 14.0. The zero-order chi connectivity index (χ0) is 47.4. The maximum Gasteiger partial charge on any atom is 3.00 e. The Morgan fingerprint density at radius 3 is 2.09 bits per heavy atom. The maximum absolute atomic E-state index is 14.8. The molecule has 0 aliphatic heterocycles. The van der Waals surface area contributed by atoms with E-state index >= 15 is 0 Å². The van der Waals surface area contributed by atoms with Crippen LogP contribution in [-0.4, -0.2) is 30.9 Å². The molecule has 340 valence electrons. The Bertz CT molecular complexity index is 3320. The van der Waals surface area contributed by atoms with Crippen LogP contribution in [0.3, 0.4) is 0 Å². The van der Waals surface area contributed by atoms with Crippen LogP contribution in [0.25, 0.3) is 72.4 Å². The minimum atomic E-state index is -1.94. The summed E-state index contributed by atoms with van der Waals surface area (Å²) in [4.78, 5) is 5.20. The van der Waals surface area contributed by atoms with Gasteiger partial charge in [-0.05, 0) is 6.07 Å². The summed E-state index contributed by atoms with van der Waals surface area (Å²) >= 11 is -1.94. The molecule has 0 atom stereocenters. The summed E-state index contributed by atoms with van der Waals surface area (Å²) in [5.74, 6) is 7.60. The number of pyridine rings is 1. The number of aromatic nitrogens is 3. The molecule has 0 fully saturated rings. The number of imidazole rings is 1. The number of hydrogen-bond acceptors (Lipinski definition) is 3. The molecule has 0 spiro atoms. The third-order valence-electron chi connectivity index (χ3n) is 12.4. The Morgan fingerprint density at radius 2 is 1.49 bits per heavy atom. The molecule has 10 heteroatoms. The van der Waals surface area contributed by atoms with Crippen molar-refractivity contribution >= 4 is 63.9 Å². The molecule has 6 aromatic carbocycles. The number of hydrogen-bond donors (Lipinski definition) is 0. The topological polar surface area (TPSA) is 58.6 Å². The first-order valence-corrected chi connectivity index (χ1v) is 33.3. The first kappa shape index (κ1) is 49.2. The Morgan fingerprint density at radius 1 is 0.821 bits per heavy atom. The molecule has 3 heterocycles. The summed E-state index contributed by atoms with van der Waals surface area (Å²) in [5, 5.41) is 12.2. The number of halogens is 2. The molecular weight excluding hydrogens is 1090 g/mol. The van der Waals surface area contributed by atoms with Gasteiger partial charge >= 0.3 is 221 Å². The average molecular weight is 1140 g/mol. The molecule has 0 aliphatic rings. The van der Waals surface area contributed by atoms with Gasteiger partial charge in [-0.25, -0.2) is 8.78 Å². The second-order valence-corrected chi connectivity index (χ2v) is 35.6. The van der Waals surface area contributed by atoms with Crippen molar-refractivity contribution in [3.05, 3.63) is 175 Å². The smallest absolute Gasteiger partial charge is 0.343 e. The third kappa shape index (κ3) is 9.69. The maximum atomic E-state index is 14.8. The summed E-state index contributed by atoms with van der Waals surface area (Å²) in [7, 11) is 2.70. The molecule has 3 aromatic heterocycles. The van der Waals surface area contributed by atoms with Crippen LogP contribution in [0.2, 0.25) is 36.9 Å². The molecule has 0 aliphatic carbocycles. The van der Waals surface area contributed by atoms with Crippen molar-refractivity contribution in [1.29, 1.82) is 5.26 Å². The van der Waals surface area contributed by atoms with Gasteiger partial charge in [0.1, 0.15) is 17.5 Å². The zero-order valence-electron chi connectivity index (χ0n) is 39.9. The largest absolute Gasteiger partial charge is 3.00 e. The molecule has 9 rings (SSSR count). The monoisotopic (exact) mass is 1150 g/mol. The Hall–Kier alpha value is -5.76. The fourth-order valence-corrected chi connectivity index (χ4v) is 12.2. The molecule has 0 saturated carbocycles. The van der Waals surface area contributed by atoms with Gasteiger partial charge in [0, 0.05) is 18.5 Å². The van der Waals surface area contributed by atoms with E-state index in [1.807, 2.05) is 47.0 Å². The molecule has 0 amide bonds. The van der Waals surface area contributed by atoms with Crippen LogP contribution in [0.4, 0.5) is 8.78 Å². The number of nitriles is 1. The third-order valence-corrected chi connectivity index (χ3v) is 18.7. The average Bonchev–Trinajstić information content (AvgIpc) is 3.83. The van der Waals surface area contributed by atoms with E-state index in [9.17, 15) is 14.0 Å². The van der Waals surface area contributed by atoms with Gasteiger partial charge in [0.15, 0.2) is 0 Å². The molecule has 9 aromatic rings. The van der Waals surface area contributed by atoms with Crippen molar-refractivity contribution in [3.63, 3.8) is 0 Å². The number of para-hydroxylation sites is 2. The number of benzene rings is 6. The first-order chi connectivity index (χ1) is 31.2. The summed E-state index contributed by atoms with van der Waals surface area (Å²) < 4.78 is 39.9. The van der Waals surface area contributed by atoms with Crippen LogP contribution in [0, 0.1) is 43.0 Å². The molecule has 0 N–H and O–H groups in total. The number of furan rings is 1. The quantitative estimate of drug-likeness (QED) is 0.0865.